The zero-order valence-corrected chi connectivity index (χ0v) is 23.9. The van der Waals surface area contributed by atoms with Gasteiger partial charge in [0, 0.05) is 72.2 Å². The van der Waals surface area contributed by atoms with Gasteiger partial charge in [-0.05, 0) is 43.2 Å². The molecule has 0 radical (unpaired) electrons. The first-order chi connectivity index (χ1) is 20.4. The molecule has 0 atom stereocenters. The van der Waals surface area contributed by atoms with Crippen LogP contribution in [0.1, 0.15) is 50.0 Å². The number of imidazole rings is 1. The van der Waals surface area contributed by atoms with Gasteiger partial charge in [-0.2, -0.15) is 0 Å². The Morgan fingerprint density at radius 1 is 0.786 bits per heavy atom. The van der Waals surface area contributed by atoms with Crippen LogP contribution >= 0.6 is 0 Å². The smallest absolute Gasteiger partial charge is 0.262 e. The highest BCUT2D eigenvalue weighted by atomic mass is 16.2. The average Bonchev–Trinajstić information content (AvgIpc) is 3.43. The first kappa shape index (κ1) is 27.2. The van der Waals surface area contributed by atoms with Gasteiger partial charge < -0.3 is 14.4 Å². The van der Waals surface area contributed by atoms with Crippen LogP contribution in [0.2, 0.25) is 0 Å². The molecule has 3 aromatic carbocycles. The van der Waals surface area contributed by atoms with E-state index in [1.165, 1.54) is 5.69 Å². The number of hydrogen-bond acceptors (Lipinski definition) is 5. The van der Waals surface area contributed by atoms with E-state index in [4.69, 9.17) is 0 Å². The summed E-state index contributed by atoms with van der Waals surface area (Å²) in [5.74, 6) is 0.489. The third-order valence-corrected chi connectivity index (χ3v) is 8.05. The number of carbonyl (C=O) groups excluding carboxylic acids is 2. The third kappa shape index (κ3) is 5.23. The van der Waals surface area contributed by atoms with E-state index in [0.29, 0.717) is 48.5 Å². The first-order valence-corrected chi connectivity index (χ1v) is 14.3. The summed E-state index contributed by atoms with van der Waals surface area (Å²) in [7, 11) is 0. The summed E-state index contributed by atoms with van der Waals surface area (Å²) in [5.41, 5.74) is 5.31. The van der Waals surface area contributed by atoms with Crippen molar-refractivity contribution in [3.05, 3.63) is 135 Å². The molecule has 0 unspecified atom stereocenters. The summed E-state index contributed by atoms with van der Waals surface area (Å²) in [6.07, 6.45) is 4.25. The molecule has 0 bridgehead atoms. The number of nitrogens with zero attached hydrogens (tertiary/aromatic N) is 5. The number of ketones is 1. The van der Waals surface area contributed by atoms with Crippen LogP contribution in [0.4, 0.5) is 5.69 Å². The summed E-state index contributed by atoms with van der Waals surface area (Å²) in [6.45, 7) is 7.25. The van der Waals surface area contributed by atoms with Crippen LogP contribution in [-0.2, 0) is 13.0 Å². The van der Waals surface area contributed by atoms with Crippen molar-refractivity contribution in [3.63, 3.8) is 0 Å². The highest BCUT2D eigenvalue weighted by Crippen LogP contribution is 2.19. The van der Waals surface area contributed by atoms with Crippen LogP contribution in [0.3, 0.4) is 0 Å². The zero-order chi connectivity index (χ0) is 29.2. The maximum absolute atomic E-state index is 13.2. The zero-order valence-electron chi connectivity index (χ0n) is 23.9. The number of carbonyl (C=O) groups is 2. The van der Waals surface area contributed by atoms with E-state index >= 15 is 0 Å². The van der Waals surface area contributed by atoms with E-state index in [0.717, 1.165) is 29.9 Å². The molecule has 8 nitrogen and oxygen atoms in total. The number of hydrogen-bond donors (Lipinski definition) is 0. The van der Waals surface area contributed by atoms with Gasteiger partial charge in [-0.15, -0.1) is 0 Å². The average molecular weight is 560 g/mol. The molecule has 1 aliphatic rings. The van der Waals surface area contributed by atoms with Crippen molar-refractivity contribution in [2.45, 2.75) is 26.8 Å². The van der Waals surface area contributed by atoms with E-state index in [1.807, 2.05) is 72.0 Å². The van der Waals surface area contributed by atoms with E-state index in [9.17, 15) is 14.4 Å². The second-order valence-corrected chi connectivity index (χ2v) is 10.6. The Balaban J connectivity index is 1.09. The Morgan fingerprint density at radius 2 is 1.40 bits per heavy atom. The molecule has 8 heteroatoms. The minimum atomic E-state index is -0.0978. The van der Waals surface area contributed by atoms with Crippen LogP contribution in [-0.4, -0.2) is 56.7 Å². The molecule has 6 rings (SSSR count). The number of rotatable bonds is 7. The van der Waals surface area contributed by atoms with Gasteiger partial charge in [0.2, 0.25) is 5.78 Å². The predicted molar refractivity (Wildman–Crippen MR) is 164 cm³/mol. The lowest BCUT2D eigenvalue weighted by Gasteiger charge is -2.36. The third-order valence-electron chi connectivity index (χ3n) is 8.05. The Labute approximate surface area is 244 Å². The standard InChI is InChI=1S/C34H33N5O3/c1-3-30-24(2)35-34-38(21-22-39(34)33(30)42)23-25-9-11-26(12-10-25)31(40)27-13-15-28(16-14-27)32(41)37-19-17-36(18-20-37)29-7-5-4-6-8-29/h4-16,21-22H,3,17-20,23H2,1-2H3. The number of piperazine rings is 1. The highest BCUT2D eigenvalue weighted by molar-refractivity contribution is 6.09. The van der Waals surface area contributed by atoms with Crippen molar-refractivity contribution < 1.29 is 9.59 Å². The molecule has 3 heterocycles. The van der Waals surface area contributed by atoms with Crippen molar-refractivity contribution in [2.24, 2.45) is 0 Å². The van der Waals surface area contributed by atoms with Crippen molar-refractivity contribution >= 4 is 23.2 Å². The number of aryl methyl sites for hydroxylation is 1. The Kier molecular flexibility index (Phi) is 7.44. The molecule has 0 saturated carbocycles. The number of anilines is 1. The van der Waals surface area contributed by atoms with Crippen LogP contribution < -0.4 is 10.5 Å². The molecule has 0 spiro atoms. The summed E-state index contributed by atoms with van der Waals surface area (Å²) in [4.78, 5) is 47.9. The van der Waals surface area contributed by atoms with Crippen LogP contribution in [0.25, 0.3) is 5.78 Å². The number of para-hydroxylation sites is 1. The largest absolute Gasteiger partial charge is 0.368 e. The lowest BCUT2D eigenvalue weighted by Crippen LogP contribution is -2.48. The Bertz CT molecular complexity index is 1800. The molecule has 1 fully saturated rings. The minimum Gasteiger partial charge on any atom is -0.368 e. The molecule has 5 aromatic rings. The molecule has 212 valence electrons. The van der Waals surface area contributed by atoms with Gasteiger partial charge in [0.1, 0.15) is 0 Å². The SMILES string of the molecule is CCc1c(C)nc2n(Cc3ccc(C(=O)c4ccc(C(=O)N5CCN(c6ccccc6)CC5)cc4)cc3)ccn2c1=O. The lowest BCUT2D eigenvalue weighted by atomic mass is 10.0. The fraction of sp³-hybridized carbons (Fsp3) is 0.235. The summed E-state index contributed by atoms with van der Waals surface area (Å²) in [5, 5.41) is 0. The van der Waals surface area contributed by atoms with Crippen LogP contribution in [0.15, 0.2) is 96.1 Å². The molecule has 1 saturated heterocycles. The number of amides is 1. The Morgan fingerprint density at radius 3 is 2.05 bits per heavy atom. The second-order valence-electron chi connectivity index (χ2n) is 10.6. The fourth-order valence-corrected chi connectivity index (χ4v) is 5.62. The maximum Gasteiger partial charge on any atom is 0.262 e. The summed E-state index contributed by atoms with van der Waals surface area (Å²) in [6, 6.07) is 24.6. The number of benzene rings is 3. The van der Waals surface area contributed by atoms with E-state index < -0.39 is 0 Å². The number of fused-ring (bicyclic) bond motifs is 1. The molecule has 42 heavy (non-hydrogen) atoms. The van der Waals surface area contributed by atoms with Gasteiger partial charge >= 0.3 is 0 Å². The van der Waals surface area contributed by atoms with Crippen LogP contribution in [0, 0.1) is 6.92 Å². The van der Waals surface area contributed by atoms with Gasteiger partial charge in [0.25, 0.3) is 11.5 Å². The van der Waals surface area contributed by atoms with Gasteiger partial charge in [0.05, 0.1) is 6.54 Å². The molecular weight excluding hydrogens is 526 g/mol. The molecular formula is C34H33N5O3. The van der Waals surface area contributed by atoms with Gasteiger partial charge in [-0.3, -0.25) is 18.8 Å². The predicted octanol–water partition coefficient (Wildman–Crippen LogP) is 4.61. The van der Waals surface area contributed by atoms with E-state index in [2.05, 4.69) is 22.0 Å². The topological polar surface area (TPSA) is 79.9 Å². The summed E-state index contributed by atoms with van der Waals surface area (Å²) >= 11 is 0. The van der Waals surface area contributed by atoms with Crippen molar-refractivity contribution in [3.8, 4) is 0 Å². The summed E-state index contributed by atoms with van der Waals surface area (Å²) < 4.78 is 3.52. The van der Waals surface area contributed by atoms with Crippen molar-refractivity contribution in [1.29, 1.82) is 0 Å². The Hall–Kier alpha value is -4.98. The molecule has 1 aliphatic heterocycles. The van der Waals surface area contributed by atoms with E-state index in [1.54, 1.807) is 34.9 Å². The normalized spacial score (nSPS) is 13.5. The molecule has 1 amide bonds. The minimum absolute atomic E-state index is 0.0125. The number of aromatic nitrogens is 3. The van der Waals surface area contributed by atoms with Crippen LogP contribution in [0.5, 0.6) is 0 Å². The quantitative estimate of drug-likeness (QED) is 0.272. The van der Waals surface area contributed by atoms with Crippen molar-refractivity contribution in [2.75, 3.05) is 31.1 Å². The second kappa shape index (κ2) is 11.5. The lowest BCUT2D eigenvalue weighted by molar-refractivity contribution is 0.0746. The molecule has 0 N–H and O–H groups in total. The van der Waals surface area contributed by atoms with Gasteiger partial charge in [0.15, 0.2) is 5.78 Å². The monoisotopic (exact) mass is 559 g/mol. The first-order valence-electron chi connectivity index (χ1n) is 14.3. The molecule has 2 aromatic heterocycles. The van der Waals surface area contributed by atoms with E-state index in [-0.39, 0.29) is 17.2 Å². The van der Waals surface area contributed by atoms with Gasteiger partial charge in [-0.1, -0.05) is 61.5 Å². The highest BCUT2D eigenvalue weighted by Gasteiger charge is 2.22. The fourth-order valence-electron chi connectivity index (χ4n) is 5.62. The maximum atomic E-state index is 13.2. The van der Waals surface area contributed by atoms with Crippen molar-refractivity contribution in [1.82, 2.24) is 18.9 Å². The van der Waals surface area contributed by atoms with Gasteiger partial charge in [-0.25, -0.2) is 4.98 Å². The molecule has 0 aliphatic carbocycles.